The number of methoxy groups -OCH3 is 1. The molecule has 0 bridgehead atoms. The number of hydrogen-bond acceptors (Lipinski definition) is 3. The summed E-state index contributed by atoms with van der Waals surface area (Å²) in [5.41, 5.74) is 4.90. The highest BCUT2D eigenvalue weighted by Gasteiger charge is 2.37. The number of ether oxygens (including phenoxy) is 1. The minimum absolute atomic E-state index is 0.0941. The number of nitrogens with one attached hydrogen (secondary N) is 1. The monoisotopic (exact) mass is 391 g/mol. The smallest absolute Gasteiger partial charge is 0.365 e. The lowest BCUT2D eigenvalue weighted by atomic mass is 9.94. The van der Waals surface area contributed by atoms with Crippen LogP contribution in [0.1, 0.15) is 23.1 Å². The van der Waals surface area contributed by atoms with Crippen molar-refractivity contribution in [3.63, 3.8) is 0 Å². The molecule has 0 saturated heterocycles. The highest BCUT2D eigenvalue weighted by molar-refractivity contribution is 5.80. The predicted octanol–water partition coefficient (Wildman–Crippen LogP) is 1.49. The summed E-state index contributed by atoms with van der Waals surface area (Å²) in [6.45, 7) is 2.31. The molecule has 1 N–H and O–H groups in total. The van der Waals surface area contributed by atoms with Crippen molar-refractivity contribution in [3.8, 4) is 0 Å². The summed E-state index contributed by atoms with van der Waals surface area (Å²) in [7, 11) is 1.42. The number of carbonyl (C=O) groups excluding carboxylic acids is 2. The summed E-state index contributed by atoms with van der Waals surface area (Å²) in [6.07, 6.45) is 3.62. The minimum atomic E-state index is -0.334. The van der Waals surface area contributed by atoms with Crippen LogP contribution in [0.25, 0.3) is 5.57 Å². The van der Waals surface area contributed by atoms with Gasteiger partial charge in [-0.2, -0.15) is 0 Å². The number of fused-ring (bicyclic) bond motifs is 1. The van der Waals surface area contributed by atoms with E-state index < -0.39 is 0 Å². The molecule has 4 rings (SSSR count). The Bertz CT molecular complexity index is 923. The van der Waals surface area contributed by atoms with E-state index in [9.17, 15) is 9.59 Å². The zero-order valence-electron chi connectivity index (χ0n) is 16.8. The molecule has 0 fully saturated rings. The van der Waals surface area contributed by atoms with Crippen LogP contribution >= 0.6 is 0 Å². The number of esters is 1. The third kappa shape index (κ3) is 4.25. The van der Waals surface area contributed by atoms with Crippen LogP contribution in [0.4, 0.5) is 0 Å². The first-order chi connectivity index (χ1) is 14.2. The van der Waals surface area contributed by atoms with Crippen LogP contribution < -0.4 is 4.90 Å². The second kappa shape index (κ2) is 8.62. The summed E-state index contributed by atoms with van der Waals surface area (Å²) >= 11 is 0. The quantitative estimate of drug-likeness (QED) is 0.804. The first-order valence-electron chi connectivity index (χ1n) is 10.2. The van der Waals surface area contributed by atoms with Crippen molar-refractivity contribution >= 4 is 17.4 Å². The number of benzene rings is 2. The number of rotatable bonds is 4. The largest absolute Gasteiger partial charge is 0.465 e. The van der Waals surface area contributed by atoms with Gasteiger partial charge in [0.25, 0.3) is 5.91 Å². The number of hydrogen-bond donors (Lipinski definition) is 1. The Morgan fingerprint density at radius 1 is 1.07 bits per heavy atom. The van der Waals surface area contributed by atoms with Crippen molar-refractivity contribution < 1.29 is 19.2 Å². The van der Waals surface area contributed by atoms with E-state index in [1.165, 1.54) is 29.4 Å². The molecule has 2 aliphatic rings. The Morgan fingerprint density at radius 3 is 2.48 bits per heavy atom. The van der Waals surface area contributed by atoms with Gasteiger partial charge in [0.15, 0.2) is 12.6 Å². The van der Waals surface area contributed by atoms with Crippen molar-refractivity contribution in [2.24, 2.45) is 0 Å². The van der Waals surface area contributed by atoms with Crippen molar-refractivity contribution in [1.82, 2.24) is 4.90 Å². The molecule has 5 heteroatoms. The van der Waals surface area contributed by atoms with Crippen LogP contribution in [-0.4, -0.2) is 49.6 Å². The van der Waals surface area contributed by atoms with Crippen LogP contribution in [0.5, 0.6) is 0 Å². The van der Waals surface area contributed by atoms with Crippen LogP contribution in [0.3, 0.4) is 0 Å². The topological polar surface area (TPSA) is 51.1 Å². The van der Waals surface area contributed by atoms with Gasteiger partial charge < -0.3 is 14.5 Å². The average Bonchev–Trinajstić information content (AvgIpc) is 2.78. The Hall–Kier alpha value is -2.92. The molecule has 5 nitrogen and oxygen atoms in total. The highest BCUT2D eigenvalue weighted by Crippen LogP contribution is 2.22. The van der Waals surface area contributed by atoms with Crippen LogP contribution in [-0.2, 0) is 27.3 Å². The van der Waals surface area contributed by atoms with E-state index in [-0.39, 0.29) is 17.9 Å². The summed E-state index contributed by atoms with van der Waals surface area (Å²) < 4.78 is 5.03. The van der Waals surface area contributed by atoms with Gasteiger partial charge in [-0.05, 0) is 23.1 Å². The first kappa shape index (κ1) is 19.4. The Labute approximate surface area is 171 Å². The van der Waals surface area contributed by atoms with E-state index >= 15 is 0 Å². The maximum atomic E-state index is 13.0. The molecule has 0 radical (unpaired) electrons. The van der Waals surface area contributed by atoms with Gasteiger partial charge in [0.1, 0.15) is 6.54 Å². The molecule has 0 saturated carbocycles. The summed E-state index contributed by atoms with van der Waals surface area (Å²) in [5, 5.41) is 0. The van der Waals surface area contributed by atoms with Crippen LogP contribution in [0, 0.1) is 0 Å². The number of amides is 1. The van der Waals surface area contributed by atoms with Gasteiger partial charge in [-0.3, -0.25) is 4.79 Å². The van der Waals surface area contributed by atoms with E-state index in [1.807, 2.05) is 35.2 Å². The third-order valence-corrected chi connectivity index (χ3v) is 6.02. The van der Waals surface area contributed by atoms with Gasteiger partial charge in [0.2, 0.25) is 0 Å². The van der Waals surface area contributed by atoms with E-state index in [4.69, 9.17) is 4.74 Å². The maximum Gasteiger partial charge on any atom is 0.365 e. The fourth-order valence-electron chi connectivity index (χ4n) is 4.36. The summed E-state index contributed by atoms with van der Waals surface area (Å²) in [4.78, 5) is 28.2. The van der Waals surface area contributed by atoms with Gasteiger partial charge in [0, 0.05) is 25.1 Å². The number of carbonyl (C=O) groups is 2. The summed E-state index contributed by atoms with van der Waals surface area (Å²) in [5.74, 6) is -0.149. The van der Waals surface area contributed by atoms with E-state index in [1.54, 1.807) is 0 Å². The molecule has 1 unspecified atom stereocenters. The number of quaternary nitrogens is 1. The lowest BCUT2D eigenvalue weighted by Gasteiger charge is -2.34. The zero-order chi connectivity index (χ0) is 20.2. The first-order valence-corrected chi connectivity index (χ1v) is 10.2. The minimum Gasteiger partial charge on any atom is -0.465 e. The zero-order valence-corrected chi connectivity index (χ0v) is 16.8. The van der Waals surface area contributed by atoms with Crippen molar-refractivity contribution in [1.29, 1.82) is 0 Å². The molecular weight excluding hydrogens is 364 g/mol. The molecular formula is C24H27N2O3+. The molecule has 2 aromatic rings. The molecule has 2 atom stereocenters. The molecule has 150 valence electrons. The van der Waals surface area contributed by atoms with Gasteiger partial charge in [0.05, 0.1) is 7.11 Å². The average molecular weight is 391 g/mol. The molecule has 0 aliphatic carbocycles. The lowest BCUT2D eigenvalue weighted by Crippen LogP contribution is -3.17. The van der Waals surface area contributed by atoms with Gasteiger partial charge in [-0.1, -0.05) is 60.7 Å². The predicted molar refractivity (Wildman–Crippen MR) is 111 cm³/mol. The van der Waals surface area contributed by atoms with Crippen molar-refractivity contribution in [2.75, 3.05) is 26.7 Å². The molecule has 29 heavy (non-hydrogen) atoms. The van der Waals surface area contributed by atoms with Crippen LogP contribution in [0.15, 0.2) is 60.7 Å². The fraction of sp³-hybridized carbons (Fsp3) is 0.333. The molecule has 2 heterocycles. The second-order valence-corrected chi connectivity index (χ2v) is 7.75. The number of nitrogens with zero attached hydrogens (tertiary/aromatic N) is 1. The normalized spacial score (nSPS) is 21.1. The van der Waals surface area contributed by atoms with Crippen molar-refractivity contribution in [3.05, 3.63) is 77.4 Å². The second-order valence-electron chi connectivity index (χ2n) is 7.75. The van der Waals surface area contributed by atoms with Crippen molar-refractivity contribution in [2.45, 2.75) is 25.4 Å². The van der Waals surface area contributed by atoms with E-state index in [0.717, 1.165) is 11.3 Å². The molecule has 2 aromatic carbocycles. The molecule has 0 aromatic heterocycles. The Kier molecular flexibility index (Phi) is 5.76. The third-order valence-electron chi connectivity index (χ3n) is 6.02. The fourth-order valence-corrected chi connectivity index (χ4v) is 4.36. The molecule has 0 spiro atoms. The summed E-state index contributed by atoms with van der Waals surface area (Å²) in [6, 6.07) is 18.1. The van der Waals surface area contributed by atoms with Crippen LogP contribution in [0.2, 0.25) is 0 Å². The van der Waals surface area contributed by atoms with E-state index in [0.29, 0.717) is 32.6 Å². The molecule has 2 aliphatic heterocycles. The lowest BCUT2D eigenvalue weighted by molar-refractivity contribution is -0.925. The molecule has 1 amide bonds. The SMILES string of the molecule is COC(=O)[C@@H]1Cc2ccccc2C[NH+]1CC(=O)N1CC=C(c2ccccc2)CC1. The maximum absolute atomic E-state index is 13.0. The standard InChI is InChI=1S/C24H26N2O3/c1-29-24(28)22-15-20-9-5-6-10-21(20)16-26(22)17-23(27)25-13-11-19(12-14-25)18-7-3-2-4-8-18/h2-11,22H,12-17H2,1H3/p+1/t22-/m0/s1. The van der Waals surface area contributed by atoms with E-state index in [2.05, 4.69) is 30.3 Å². The Balaban J connectivity index is 1.44. The van der Waals surface area contributed by atoms with Gasteiger partial charge in [-0.25, -0.2) is 4.79 Å². The Morgan fingerprint density at radius 2 is 1.79 bits per heavy atom. The van der Waals surface area contributed by atoms with Gasteiger partial charge >= 0.3 is 5.97 Å². The van der Waals surface area contributed by atoms with Gasteiger partial charge in [-0.15, -0.1) is 0 Å². The highest BCUT2D eigenvalue weighted by atomic mass is 16.5.